The van der Waals surface area contributed by atoms with Crippen LogP contribution in [0.15, 0.2) is 76.5 Å². The lowest BCUT2D eigenvalue weighted by molar-refractivity contribution is -0.137. The molecule has 176 valence electrons. The first kappa shape index (κ1) is 23.6. The minimum absolute atomic E-state index is 0.284. The fourth-order valence-corrected chi connectivity index (χ4v) is 4.23. The highest BCUT2D eigenvalue weighted by molar-refractivity contribution is 8.00. The van der Waals surface area contributed by atoms with Crippen LogP contribution >= 0.6 is 11.8 Å². The molecule has 1 atom stereocenters. The molecule has 0 aliphatic carbocycles. The Kier molecular flexibility index (Phi) is 6.78. The number of alkyl halides is 3. The van der Waals surface area contributed by atoms with E-state index in [1.54, 1.807) is 19.3 Å². The largest absolute Gasteiger partial charge is 0.469 e. The number of carbonyl (C=O) groups is 1. The maximum atomic E-state index is 13.3. The Hall–Kier alpha value is -3.53. The number of thioether (sulfide) groups is 1. The van der Waals surface area contributed by atoms with Gasteiger partial charge in [0.05, 0.1) is 34.9 Å². The highest BCUT2D eigenvalue weighted by atomic mass is 32.2. The van der Waals surface area contributed by atoms with E-state index in [2.05, 4.69) is 15.5 Å². The third-order valence-corrected chi connectivity index (χ3v) is 6.22. The average molecular weight is 487 g/mol. The lowest BCUT2D eigenvalue weighted by atomic mass is 10.1. The molecule has 0 saturated carbocycles. The Bertz CT molecular complexity index is 1280. The quantitative estimate of drug-likeness (QED) is 0.323. The zero-order valence-corrected chi connectivity index (χ0v) is 19.2. The molecule has 34 heavy (non-hydrogen) atoms. The van der Waals surface area contributed by atoms with Gasteiger partial charge in [-0.25, -0.2) is 0 Å². The monoisotopic (exact) mass is 486 g/mol. The molecule has 10 heteroatoms. The van der Waals surface area contributed by atoms with E-state index in [1.807, 2.05) is 41.8 Å². The summed E-state index contributed by atoms with van der Waals surface area (Å²) in [5.41, 5.74) is 0.590. The topological polar surface area (TPSA) is 72.9 Å². The third kappa shape index (κ3) is 5.17. The van der Waals surface area contributed by atoms with E-state index < -0.39 is 22.9 Å². The van der Waals surface area contributed by atoms with Crippen LogP contribution in [0, 0.1) is 6.92 Å². The summed E-state index contributed by atoms with van der Waals surface area (Å²) < 4.78 is 47.2. The van der Waals surface area contributed by atoms with Crippen molar-refractivity contribution in [3.05, 3.63) is 83.8 Å². The number of furan rings is 1. The number of amides is 1. The van der Waals surface area contributed by atoms with Crippen LogP contribution in [0.4, 0.5) is 18.9 Å². The molecule has 4 aromatic rings. The summed E-state index contributed by atoms with van der Waals surface area (Å²) in [6, 6.07) is 16.4. The number of aryl methyl sites for hydroxylation is 1. The Morgan fingerprint density at radius 2 is 1.79 bits per heavy atom. The van der Waals surface area contributed by atoms with E-state index in [0.29, 0.717) is 23.3 Å². The second-order valence-electron chi connectivity index (χ2n) is 7.56. The summed E-state index contributed by atoms with van der Waals surface area (Å²) in [6.07, 6.45) is -3.01. The number of carbonyl (C=O) groups excluding carboxylic acids is 1. The second-order valence-corrected chi connectivity index (χ2v) is 8.87. The van der Waals surface area contributed by atoms with E-state index >= 15 is 0 Å². The van der Waals surface area contributed by atoms with Gasteiger partial charge in [-0.2, -0.15) is 13.2 Å². The van der Waals surface area contributed by atoms with Crippen molar-refractivity contribution in [1.29, 1.82) is 0 Å². The minimum atomic E-state index is -4.58. The standard InChI is InChI=1S/C24H21F3N4O2S/c1-15-18(12-13-33-15)21-29-30-23(31(21)14-17-8-4-3-5-9-17)34-16(2)22(32)28-20-11-7-6-10-19(20)24(25,26)27/h3-13,16H,14H2,1-2H3,(H,28,32). The molecule has 2 heterocycles. The number of rotatable bonds is 7. The Balaban J connectivity index is 1.59. The van der Waals surface area contributed by atoms with Crippen molar-refractivity contribution in [2.24, 2.45) is 0 Å². The van der Waals surface area contributed by atoms with Crippen LogP contribution in [-0.4, -0.2) is 25.9 Å². The SMILES string of the molecule is Cc1occc1-c1nnc(SC(C)C(=O)Nc2ccccc2C(F)(F)F)n1Cc1ccccc1. The molecule has 0 radical (unpaired) electrons. The predicted octanol–water partition coefficient (Wildman–Crippen LogP) is 6.03. The zero-order valence-electron chi connectivity index (χ0n) is 18.3. The van der Waals surface area contributed by atoms with E-state index in [4.69, 9.17) is 4.42 Å². The summed E-state index contributed by atoms with van der Waals surface area (Å²) in [5, 5.41) is 10.7. The van der Waals surface area contributed by atoms with Crippen LogP contribution in [-0.2, 0) is 17.5 Å². The van der Waals surface area contributed by atoms with Crippen molar-refractivity contribution >= 4 is 23.4 Å². The number of para-hydroxylation sites is 1. The smallest absolute Gasteiger partial charge is 0.418 e. The Morgan fingerprint density at radius 3 is 2.47 bits per heavy atom. The maximum Gasteiger partial charge on any atom is 0.418 e. The van der Waals surface area contributed by atoms with E-state index in [1.165, 1.54) is 18.2 Å². The number of halogens is 3. The second kappa shape index (κ2) is 9.76. The van der Waals surface area contributed by atoms with Gasteiger partial charge in [-0.1, -0.05) is 54.2 Å². The normalized spacial score (nSPS) is 12.5. The highest BCUT2D eigenvalue weighted by Gasteiger charge is 2.34. The van der Waals surface area contributed by atoms with Gasteiger partial charge >= 0.3 is 6.18 Å². The van der Waals surface area contributed by atoms with E-state index in [9.17, 15) is 18.0 Å². The van der Waals surface area contributed by atoms with Crippen LogP contribution in [0.5, 0.6) is 0 Å². The predicted molar refractivity (Wildman–Crippen MR) is 123 cm³/mol. The molecule has 4 rings (SSSR count). The number of anilines is 1. The van der Waals surface area contributed by atoms with E-state index in [0.717, 1.165) is 29.0 Å². The molecule has 2 aromatic carbocycles. The van der Waals surface area contributed by atoms with Crippen LogP contribution in [0.25, 0.3) is 11.4 Å². The van der Waals surface area contributed by atoms with Crippen LogP contribution in [0.3, 0.4) is 0 Å². The maximum absolute atomic E-state index is 13.3. The van der Waals surface area contributed by atoms with Crippen molar-refractivity contribution < 1.29 is 22.4 Å². The van der Waals surface area contributed by atoms with Crippen molar-refractivity contribution in [2.45, 2.75) is 37.0 Å². The number of benzene rings is 2. The van der Waals surface area contributed by atoms with Crippen molar-refractivity contribution in [1.82, 2.24) is 14.8 Å². The summed E-state index contributed by atoms with van der Waals surface area (Å²) in [6.45, 7) is 3.87. The molecule has 0 aliphatic heterocycles. The summed E-state index contributed by atoms with van der Waals surface area (Å²) >= 11 is 1.12. The number of nitrogens with zero attached hydrogens (tertiary/aromatic N) is 3. The molecule has 1 unspecified atom stereocenters. The molecule has 0 saturated heterocycles. The van der Waals surface area contributed by atoms with Gasteiger partial charge in [0.1, 0.15) is 5.76 Å². The van der Waals surface area contributed by atoms with Crippen molar-refractivity contribution in [3.63, 3.8) is 0 Å². The summed E-state index contributed by atoms with van der Waals surface area (Å²) in [4.78, 5) is 12.8. The van der Waals surface area contributed by atoms with Gasteiger partial charge < -0.3 is 9.73 Å². The van der Waals surface area contributed by atoms with Crippen LogP contribution in [0.1, 0.15) is 23.8 Å². The summed E-state index contributed by atoms with van der Waals surface area (Å²) in [5.74, 6) is 0.678. The van der Waals surface area contributed by atoms with Gasteiger partial charge in [0.25, 0.3) is 0 Å². The fraction of sp³-hybridized carbons (Fsp3) is 0.208. The van der Waals surface area contributed by atoms with Gasteiger partial charge in [-0.05, 0) is 37.6 Å². The lowest BCUT2D eigenvalue weighted by Crippen LogP contribution is -2.24. The third-order valence-electron chi connectivity index (χ3n) is 5.14. The molecule has 0 bridgehead atoms. The molecule has 0 spiro atoms. The highest BCUT2D eigenvalue weighted by Crippen LogP contribution is 2.35. The minimum Gasteiger partial charge on any atom is -0.469 e. The molecule has 0 fully saturated rings. The van der Waals surface area contributed by atoms with Gasteiger partial charge in [-0.15, -0.1) is 10.2 Å². The molecule has 6 nitrogen and oxygen atoms in total. The zero-order chi connectivity index (χ0) is 24.3. The van der Waals surface area contributed by atoms with Crippen molar-refractivity contribution in [2.75, 3.05) is 5.32 Å². The van der Waals surface area contributed by atoms with Gasteiger partial charge in [0.2, 0.25) is 5.91 Å². The molecular formula is C24H21F3N4O2S. The number of hydrogen-bond acceptors (Lipinski definition) is 5. The fourth-order valence-electron chi connectivity index (χ4n) is 3.39. The van der Waals surface area contributed by atoms with Gasteiger partial charge in [0, 0.05) is 0 Å². The number of nitrogens with one attached hydrogen (secondary N) is 1. The molecule has 1 amide bonds. The molecule has 1 N–H and O–H groups in total. The van der Waals surface area contributed by atoms with Crippen LogP contribution in [0.2, 0.25) is 0 Å². The Morgan fingerprint density at radius 1 is 1.09 bits per heavy atom. The number of aromatic nitrogens is 3. The average Bonchev–Trinajstić information content (AvgIpc) is 3.39. The first-order valence-corrected chi connectivity index (χ1v) is 11.3. The van der Waals surface area contributed by atoms with Crippen LogP contribution < -0.4 is 5.32 Å². The van der Waals surface area contributed by atoms with Gasteiger partial charge in [-0.3, -0.25) is 9.36 Å². The first-order chi connectivity index (χ1) is 16.2. The van der Waals surface area contributed by atoms with Gasteiger partial charge in [0.15, 0.2) is 11.0 Å². The molecule has 0 aliphatic rings. The number of hydrogen-bond donors (Lipinski definition) is 1. The first-order valence-electron chi connectivity index (χ1n) is 10.4. The van der Waals surface area contributed by atoms with E-state index in [-0.39, 0.29) is 5.69 Å². The molecule has 2 aromatic heterocycles. The molecular weight excluding hydrogens is 465 g/mol. The van der Waals surface area contributed by atoms with Crippen molar-refractivity contribution in [3.8, 4) is 11.4 Å². The Labute approximate surface area is 198 Å². The summed E-state index contributed by atoms with van der Waals surface area (Å²) in [7, 11) is 0. The lowest BCUT2D eigenvalue weighted by Gasteiger charge is -2.16.